The Kier molecular flexibility index (Phi) is 6.82. The molecule has 0 atom stereocenters. The van der Waals surface area contributed by atoms with Crippen LogP contribution in [-0.2, 0) is 4.74 Å². The second-order valence-electron chi connectivity index (χ2n) is 7.60. The Balaban J connectivity index is 2.07. The van der Waals surface area contributed by atoms with E-state index in [-0.39, 0.29) is 34.4 Å². The average Bonchev–Trinajstić information content (AvgIpc) is 2.85. The van der Waals surface area contributed by atoms with Gasteiger partial charge < -0.3 is 19.3 Å². The molecular formula is C25H15F5N2O5. The molecule has 4 aromatic rings. The van der Waals surface area contributed by atoms with Crippen molar-refractivity contribution >= 4 is 27.6 Å². The number of carboxylic acids is 1. The first-order valence-electron chi connectivity index (χ1n) is 10.3. The molecule has 0 aliphatic heterocycles. The SMILES string of the molecule is C#Cc1c(F)ccc2cc(OCOC)cc(-c3c(C(=O)O)cc4cnc(OCC(F)(F)F)nc4c3F)c12. The minimum absolute atomic E-state index is 0.00983. The Morgan fingerprint density at radius 3 is 2.54 bits per heavy atom. The lowest BCUT2D eigenvalue weighted by molar-refractivity contribution is -0.154. The van der Waals surface area contributed by atoms with Gasteiger partial charge in [0.15, 0.2) is 19.2 Å². The molecule has 0 radical (unpaired) electrons. The Bertz CT molecular complexity index is 1580. The van der Waals surface area contributed by atoms with E-state index in [1.165, 1.54) is 25.3 Å². The number of aromatic carboxylic acids is 1. The fraction of sp³-hybridized carbons (Fsp3) is 0.160. The number of ether oxygens (including phenoxy) is 3. The highest BCUT2D eigenvalue weighted by atomic mass is 19.4. The van der Waals surface area contributed by atoms with Crippen LogP contribution in [0.4, 0.5) is 22.0 Å². The van der Waals surface area contributed by atoms with Gasteiger partial charge in [-0.25, -0.2) is 18.6 Å². The highest BCUT2D eigenvalue weighted by Crippen LogP contribution is 2.41. The Morgan fingerprint density at radius 2 is 1.89 bits per heavy atom. The third kappa shape index (κ3) is 5.07. The molecule has 0 amide bonds. The summed E-state index contributed by atoms with van der Waals surface area (Å²) >= 11 is 0. The van der Waals surface area contributed by atoms with Gasteiger partial charge in [-0.3, -0.25) is 0 Å². The molecule has 0 aliphatic carbocycles. The molecular weight excluding hydrogens is 503 g/mol. The molecule has 0 bridgehead atoms. The molecule has 1 heterocycles. The van der Waals surface area contributed by atoms with Crippen LogP contribution in [0.15, 0.2) is 36.5 Å². The van der Waals surface area contributed by atoms with Gasteiger partial charge >= 0.3 is 18.2 Å². The summed E-state index contributed by atoms with van der Waals surface area (Å²) in [5, 5.41) is 10.1. The number of benzene rings is 3. The van der Waals surface area contributed by atoms with E-state index in [1.807, 2.05) is 0 Å². The molecule has 4 rings (SSSR count). The van der Waals surface area contributed by atoms with Gasteiger partial charge in [0.25, 0.3) is 0 Å². The number of nitrogens with zero attached hydrogens (tertiary/aromatic N) is 2. The monoisotopic (exact) mass is 518 g/mol. The van der Waals surface area contributed by atoms with Gasteiger partial charge in [0.2, 0.25) is 0 Å². The summed E-state index contributed by atoms with van der Waals surface area (Å²) in [6.07, 6.45) is 1.74. The van der Waals surface area contributed by atoms with Crippen molar-refractivity contribution < 1.29 is 46.1 Å². The summed E-state index contributed by atoms with van der Waals surface area (Å²) in [5.41, 5.74) is -2.05. The first-order chi connectivity index (χ1) is 17.5. The number of hydrogen-bond donors (Lipinski definition) is 1. The van der Waals surface area contributed by atoms with Crippen molar-refractivity contribution in [1.29, 1.82) is 0 Å². The van der Waals surface area contributed by atoms with Gasteiger partial charge in [0.05, 0.1) is 11.1 Å². The second kappa shape index (κ2) is 9.87. The van der Waals surface area contributed by atoms with E-state index in [4.69, 9.17) is 15.9 Å². The van der Waals surface area contributed by atoms with Crippen molar-refractivity contribution in [2.45, 2.75) is 6.18 Å². The lowest BCUT2D eigenvalue weighted by Gasteiger charge is -2.17. The lowest BCUT2D eigenvalue weighted by atomic mass is 9.90. The maximum atomic E-state index is 16.0. The zero-order valence-corrected chi connectivity index (χ0v) is 18.8. The van der Waals surface area contributed by atoms with Crippen molar-refractivity contribution in [1.82, 2.24) is 9.97 Å². The average molecular weight is 518 g/mol. The van der Waals surface area contributed by atoms with Crippen LogP contribution in [0, 0.1) is 24.0 Å². The number of fused-ring (bicyclic) bond motifs is 2. The normalized spacial score (nSPS) is 11.5. The summed E-state index contributed by atoms with van der Waals surface area (Å²) in [6, 6.07) is 5.42. The van der Waals surface area contributed by atoms with Crippen LogP contribution < -0.4 is 9.47 Å². The number of carbonyl (C=O) groups is 1. The van der Waals surface area contributed by atoms with E-state index >= 15 is 4.39 Å². The molecule has 7 nitrogen and oxygen atoms in total. The van der Waals surface area contributed by atoms with Crippen LogP contribution in [0.25, 0.3) is 32.8 Å². The van der Waals surface area contributed by atoms with E-state index in [1.54, 1.807) is 0 Å². The third-order valence-electron chi connectivity index (χ3n) is 5.18. The maximum absolute atomic E-state index is 16.0. The maximum Gasteiger partial charge on any atom is 0.422 e. The Hall–Kier alpha value is -4.50. The number of terminal acetylenes is 1. The molecule has 1 aromatic heterocycles. The number of carboxylic acid groups (broad SMARTS) is 1. The number of halogens is 5. The van der Waals surface area contributed by atoms with Crippen LogP contribution in [0.5, 0.6) is 11.8 Å². The summed E-state index contributed by atoms with van der Waals surface area (Å²) in [5.74, 6) is -1.29. The molecule has 1 N–H and O–H groups in total. The quantitative estimate of drug-likeness (QED) is 0.201. The molecule has 0 saturated carbocycles. The minimum atomic E-state index is -4.70. The van der Waals surface area contributed by atoms with Gasteiger partial charge in [-0.05, 0) is 35.2 Å². The van der Waals surface area contributed by atoms with Crippen LogP contribution in [-0.4, -0.2) is 47.7 Å². The number of methoxy groups -OCH3 is 1. The summed E-state index contributed by atoms with van der Waals surface area (Å²) in [4.78, 5) is 19.5. The van der Waals surface area contributed by atoms with E-state index in [0.717, 1.165) is 18.3 Å². The molecule has 190 valence electrons. The number of rotatable bonds is 7. The minimum Gasteiger partial charge on any atom is -0.478 e. The second-order valence-corrected chi connectivity index (χ2v) is 7.60. The number of aromatic nitrogens is 2. The molecule has 0 spiro atoms. The third-order valence-corrected chi connectivity index (χ3v) is 5.18. The largest absolute Gasteiger partial charge is 0.478 e. The van der Waals surface area contributed by atoms with E-state index in [2.05, 4.69) is 20.6 Å². The molecule has 12 heteroatoms. The van der Waals surface area contributed by atoms with Crippen LogP contribution in [0.3, 0.4) is 0 Å². The zero-order chi connectivity index (χ0) is 26.9. The highest BCUT2D eigenvalue weighted by molar-refractivity contribution is 6.09. The van der Waals surface area contributed by atoms with Crippen LogP contribution in [0.1, 0.15) is 15.9 Å². The zero-order valence-electron chi connectivity index (χ0n) is 18.8. The van der Waals surface area contributed by atoms with Gasteiger partial charge in [-0.1, -0.05) is 12.0 Å². The Morgan fingerprint density at radius 1 is 1.14 bits per heavy atom. The fourth-order valence-electron chi connectivity index (χ4n) is 3.73. The van der Waals surface area contributed by atoms with Crippen molar-refractivity contribution in [3.05, 3.63) is 59.3 Å². The highest BCUT2D eigenvalue weighted by Gasteiger charge is 2.30. The fourth-order valence-corrected chi connectivity index (χ4v) is 3.73. The first-order valence-corrected chi connectivity index (χ1v) is 10.3. The van der Waals surface area contributed by atoms with Gasteiger partial charge in [-0.15, -0.1) is 6.42 Å². The molecule has 0 aliphatic rings. The Labute approximate surface area is 205 Å². The van der Waals surface area contributed by atoms with Gasteiger partial charge in [0, 0.05) is 29.6 Å². The van der Waals surface area contributed by atoms with E-state index < -0.39 is 53.0 Å². The molecule has 37 heavy (non-hydrogen) atoms. The van der Waals surface area contributed by atoms with Gasteiger partial charge in [-0.2, -0.15) is 18.2 Å². The molecule has 3 aromatic carbocycles. The smallest absolute Gasteiger partial charge is 0.422 e. The van der Waals surface area contributed by atoms with E-state index in [9.17, 15) is 27.5 Å². The van der Waals surface area contributed by atoms with Crippen molar-refractivity contribution in [3.8, 4) is 35.2 Å². The topological polar surface area (TPSA) is 90.8 Å². The predicted octanol–water partition coefficient (Wildman–Crippen LogP) is 5.33. The predicted molar refractivity (Wildman–Crippen MR) is 121 cm³/mol. The lowest BCUT2D eigenvalue weighted by Crippen LogP contribution is -2.20. The van der Waals surface area contributed by atoms with Crippen molar-refractivity contribution in [3.63, 3.8) is 0 Å². The molecule has 0 fully saturated rings. The summed E-state index contributed by atoms with van der Waals surface area (Å²) in [7, 11) is 1.36. The van der Waals surface area contributed by atoms with Crippen molar-refractivity contribution in [2.24, 2.45) is 0 Å². The molecule has 0 unspecified atom stereocenters. The summed E-state index contributed by atoms with van der Waals surface area (Å²) < 4.78 is 83.2. The number of hydrogen-bond acceptors (Lipinski definition) is 6. The van der Waals surface area contributed by atoms with E-state index in [0.29, 0.717) is 5.39 Å². The van der Waals surface area contributed by atoms with Crippen LogP contribution in [0.2, 0.25) is 0 Å². The first kappa shape index (κ1) is 25.6. The molecule has 0 saturated heterocycles. The van der Waals surface area contributed by atoms with Gasteiger partial charge in [0.1, 0.15) is 17.1 Å². The standard InChI is InChI=1S/C25H15F5N2O5/c1-3-15-18(26)5-4-12-6-14(37-11-35-2)8-16(19(12)15)20-17(23(33)34)7-13-9-31-24(32-22(13)21(20)27)36-10-25(28,29)30/h1,4-9H,10-11H2,2H3,(H,33,34). The van der Waals surface area contributed by atoms with Crippen LogP contribution >= 0.6 is 0 Å². The van der Waals surface area contributed by atoms with Crippen molar-refractivity contribution in [2.75, 3.05) is 20.5 Å². The number of alkyl halides is 3. The summed E-state index contributed by atoms with van der Waals surface area (Å²) in [6.45, 7) is -1.94.